The van der Waals surface area contributed by atoms with E-state index in [0.717, 1.165) is 16.7 Å². The van der Waals surface area contributed by atoms with Gasteiger partial charge in [-0.1, -0.05) is 146 Å². The Morgan fingerprint density at radius 2 is 1.15 bits per heavy atom. The first-order valence-electron chi connectivity index (χ1n) is 13.7. The van der Waals surface area contributed by atoms with Crippen LogP contribution in [0.1, 0.15) is 41.7 Å². The first-order valence-corrected chi connectivity index (χ1v) is 13.7. The predicted molar refractivity (Wildman–Crippen MR) is 171 cm³/mol. The summed E-state index contributed by atoms with van der Waals surface area (Å²) in [7, 11) is 0. The van der Waals surface area contributed by atoms with E-state index in [2.05, 4.69) is 165 Å². The highest BCUT2D eigenvalue weighted by molar-refractivity contribution is 5.92. The number of rotatable bonds is 5. The van der Waals surface area contributed by atoms with E-state index in [1.165, 1.54) is 39.0 Å². The molecule has 0 amide bonds. The Morgan fingerprint density at radius 3 is 1.73 bits per heavy atom. The van der Waals surface area contributed by atoms with Crippen molar-refractivity contribution in [2.75, 3.05) is 0 Å². The van der Waals surface area contributed by atoms with Gasteiger partial charge in [-0.05, 0) is 75.7 Å². The van der Waals surface area contributed by atoms with Crippen molar-refractivity contribution in [3.63, 3.8) is 0 Å². The summed E-state index contributed by atoms with van der Waals surface area (Å²) >= 11 is 0. The number of allylic oxidation sites excluding steroid dienone is 5. The summed E-state index contributed by atoms with van der Waals surface area (Å²) in [4.78, 5) is 0. The largest absolute Gasteiger partial charge is 0.0984 e. The molecule has 0 saturated carbocycles. The lowest BCUT2D eigenvalue weighted by atomic mass is 9.66. The molecule has 5 aromatic carbocycles. The molecule has 0 heteroatoms. The minimum Gasteiger partial charge on any atom is -0.0984 e. The summed E-state index contributed by atoms with van der Waals surface area (Å²) in [6, 6.07) is 47.1. The van der Waals surface area contributed by atoms with E-state index in [-0.39, 0.29) is 1.43 Å². The van der Waals surface area contributed by atoms with Gasteiger partial charge in [0.15, 0.2) is 0 Å². The molecule has 0 heterocycles. The van der Waals surface area contributed by atoms with Crippen LogP contribution in [0, 0.1) is 11.8 Å². The highest BCUT2D eigenvalue weighted by Gasteiger charge is 2.46. The van der Waals surface area contributed by atoms with Crippen LogP contribution in [0.5, 0.6) is 0 Å². The fourth-order valence-electron chi connectivity index (χ4n) is 5.95. The molecule has 5 aromatic rings. The average Bonchev–Trinajstić information content (AvgIpc) is 3.31. The van der Waals surface area contributed by atoms with E-state index < -0.39 is 5.41 Å². The van der Waals surface area contributed by atoms with E-state index in [0.29, 0.717) is 0 Å². The molecule has 40 heavy (non-hydrogen) atoms. The minimum atomic E-state index is -0.437. The molecule has 0 aromatic heterocycles. The SMILES string of the molecule is C=CC1=C(/C=C\C)C(c2ccccc2)(c2ccccc2)c2ccc(C#Cc3ccc(-c4ccccc4)cc3)cc21.[HH]. The summed E-state index contributed by atoms with van der Waals surface area (Å²) in [5.41, 5.74) is 11.3. The van der Waals surface area contributed by atoms with Gasteiger partial charge in [0, 0.05) is 12.6 Å². The van der Waals surface area contributed by atoms with Crippen molar-refractivity contribution in [2.24, 2.45) is 0 Å². The number of hydrogen-bond donors (Lipinski definition) is 0. The van der Waals surface area contributed by atoms with E-state index in [1.54, 1.807) is 0 Å². The average molecular weight is 513 g/mol. The van der Waals surface area contributed by atoms with Gasteiger partial charge in [0.05, 0.1) is 5.41 Å². The maximum atomic E-state index is 4.26. The molecule has 1 aliphatic rings. The monoisotopic (exact) mass is 512 g/mol. The van der Waals surface area contributed by atoms with Gasteiger partial charge in [0.1, 0.15) is 0 Å². The number of hydrogen-bond acceptors (Lipinski definition) is 0. The standard InChI is InChI=1S/C40H30.H2/c1-3-14-38-36(4-2)37-29-31(22-21-30-23-26-33(27-24-30)32-15-8-5-9-16-32)25-28-39(37)40(38,34-17-10-6-11-18-34)35-19-12-7-13-20-35;/h3-20,23-29H,2H2,1H3;1H/b14-3-;. The molecule has 0 atom stereocenters. The summed E-state index contributed by atoms with van der Waals surface area (Å²) in [6.45, 7) is 6.34. The Labute approximate surface area is 239 Å². The van der Waals surface area contributed by atoms with Gasteiger partial charge in [-0.15, -0.1) is 0 Å². The van der Waals surface area contributed by atoms with E-state index in [9.17, 15) is 0 Å². The zero-order chi connectivity index (χ0) is 27.4. The second-order valence-electron chi connectivity index (χ2n) is 9.97. The maximum absolute atomic E-state index is 4.26. The maximum Gasteiger partial charge on any atom is 0.0713 e. The van der Waals surface area contributed by atoms with Crippen molar-refractivity contribution in [1.29, 1.82) is 0 Å². The van der Waals surface area contributed by atoms with Crippen molar-refractivity contribution in [3.05, 3.63) is 197 Å². The fraction of sp³-hybridized carbons (Fsp3) is 0.0500. The van der Waals surface area contributed by atoms with Crippen molar-refractivity contribution in [2.45, 2.75) is 12.3 Å². The third-order valence-corrected chi connectivity index (χ3v) is 7.70. The van der Waals surface area contributed by atoms with Crippen molar-refractivity contribution in [3.8, 4) is 23.0 Å². The fourth-order valence-corrected chi connectivity index (χ4v) is 5.95. The molecule has 0 aliphatic heterocycles. The first kappa shape index (κ1) is 25.2. The Morgan fingerprint density at radius 1 is 0.625 bits per heavy atom. The molecule has 0 bridgehead atoms. The molecule has 0 radical (unpaired) electrons. The van der Waals surface area contributed by atoms with Crippen LogP contribution in [0.25, 0.3) is 16.7 Å². The molecule has 0 fully saturated rings. The van der Waals surface area contributed by atoms with Crippen LogP contribution in [0.15, 0.2) is 164 Å². The van der Waals surface area contributed by atoms with Crippen LogP contribution in [0.2, 0.25) is 0 Å². The zero-order valence-electron chi connectivity index (χ0n) is 22.6. The zero-order valence-corrected chi connectivity index (χ0v) is 22.6. The number of benzene rings is 5. The third kappa shape index (κ3) is 4.33. The van der Waals surface area contributed by atoms with E-state index in [1.807, 2.05) is 12.1 Å². The normalized spacial score (nSPS) is 13.5. The Bertz CT molecular complexity index is 1740. The Hall–Kier alpha value is -5.12. The summed E-state index contributed by atoms with van der Waals surface area (Å²) < 4.78 is 0. The molecular formula is C40H32. The van der Waals surface area contributed by atoms with Gasteiger partial charge in [0.2, 0.25) is 0 Å². The molecule has 0 N–H and O–H groups in total. The van der Waals surface area contributed by atoms with E-state index in [4.69, 9.17) is 0 Å². The Balaban J connectivity index is 0.00000337. The first-order chi connectivity index (χ1) is 19.8. The summed E-state index contributed by atoms with van der Waals surface area (Å²) in [6.07, 6.45) is 6.38. The molecule has 0 spiro atoms. The highest BCUT2D eigenvalue weighted by Crippen LogP contribution is 2.55. The lowest BCUT2D eigenvalue weighted by molar-refractivity contribution is 0.761. The third-order valence-electron chi connectivity index (χ3n) is 7.70. The smallest absolute Gasteiger partial charge is 0.0713 e. The van der Waals surface area contributed by atoms with Gasteiger partial charge in [-0.25, -0.2) is 0 Å². The molecular weight excluding hydrogens is 480 g/mol. The van der Waals surface area contributed by atoms with Crippen LogP contribution >= 0.6 is 0 Å². The lowest BCUT2D eigenvalue weighted by Crippen LogP contribution is -2.29. The van der Waals surface area contributed by atoms with Crippen molar-refractivity contribution >= 4 is 5.57 Å². The van der Waals surface area contributed by atoms with Crippen molar-refractivity contribution in [1.82, 2.24) is 0 Å². The van der Waals surface area contributed by atoms with Gasteiger partial charge in [0.25, 0.3) is 0 Å². The minimum absolute atomic E-state index is 0. The molecule has 6 rings (SSSR count). The number of fused-ring (bicyclic) bond motifs is 1. The molecule has 192 valence electrons. The Kier molecular flexibility index (Phi) is 6.88. The molecule has 1 aliphatic carbocycles. The predicted octanol–water partition coefficient (Wildman–Crippen LogP) is 9.86. The van der Waals surface area contributed by atoms with Crippen molar-refractivity contribution < 1.29 is 1.43 Å². The van der Waals surface area contributed by atoms with Gasteiger partial charge in [-0.3, -0.25) is 0 Å². The second-order valence-corrected chi connectivity index (χ2v) is 9.97. The second kappa shape index (κ2) is 10.9. The van der Waals surface area contributed by atoms with Gasteiger partial charge >= 0.3 is 0 Å². The van der Waals surface area contributed by atoms with Crippen LogP contribution < -0.4 is 0 Å². The molecule has 0 nitrogen and oxygen atoms in total. The van der Waals surface area contributed by atoms with E-state index >= 15 is 0 Å². The summed E-state index contributed by atoms with van der Waals surface area (Å²) in [5, 5.41) is 0. The highest BCUT2D eigenvalue weighted by atomic mass is 14.5. The van der Waals surface area contributed by atoms with Gasteiger partial charge in [-0.2, -0.15) is 0 Å². The molecule has 0 saturated heterocycles. The molecule has 0 unspecified atom stereocenters. The van der Waals surface area contributed by atoms with Crippen LogP contribution in [0.3, 0.4) is 0 Å². The van der Waals surface area contributed by atoms with Crippen LogP contribution in [-0.2, 0) is 5.41 Å². The van der Waals surface area contributed by atoms with Gasteiger partial charge < -0.3 is 0 Å². The summed E-state index contributed by atoms with van der Waals surface area (Å²) in [5.74, 6) is 6.80. The van der Waals surface area contributed by atoms with Crippen LogP contribution in [0.4, 0.5) is 0 Å². The topological polar surface area (TPSA) is 0 Å². The quantitative estimate of drug-likeness (QED) is 0.206. The lowest BCUT2D eigenvalue weighted by Gasteiger charge is -2.34. The van der Waals surface area contributed by atoms with Crippen LogP contribution in [-0.4, -0.2) is 0 Å².